The minimum Gasteiger partial charge on any atom is -0.484 e. The molecule has 5 heteroatoms. The molecule has 0 aliphatic rings. The number of para-hydroxylation sites is 1. The molecule has 0 saturated heterocycles. The molecule has 0 unspecified atom stereocenters. The first-order valence-corrected chi connectivity index (χ1v) is 10.5. The number of anilines is 1. The number of furan rings is 1. The highest BCUT2D eigenvalue weighted by Gasteiger charge is 2.23. The predicted molar refractivity (Wildman–Crippen MR) is 125 cm³/mol. The normalized spacial score (nSPS) is 11.3. The molecule has 4 aromatic rings. The van der Waals surface area contributed by atoms with Gasteiger partial charge in [0.05, 0.1) is 5.69 Å². The van der Waals surface area contributed by atoms with Crippen molar-refractivity contribution in [3.8, 4) is 5.75 Å². The molecule has 0 aliphatic heterocycles. The number of amides is 1. The van der Waals surface area contributed by atoms with Gasteiger partial charge < -0.3 is 14.5 Å². The lowest BCUT2D eigenvalue weighted by Crippen LogP contribution is -2.21. The largest absolute Gasteiger partial charge is 0.484 e. The molecule has 0 radical (unpaired) electrons. The highest BCUT2D eigenvalue weighted by atomic mass is 16.5. The van der Waals surface area contributed by atoms with Crippen molar-refractivity contribution in [1.29, 1.82) is 0 Å². The van der Waals surface area contributed by atoms with Gasteiger partial charge in [0.15, 0.2) is 12.4 Å². The van der Waals surface area contributed by atoms with Gasteiger partial charge in [-0.2, -0.15) is 0 Å². The predicted octanol–water partition coefficient (Wildman–Crippen LogP) is 5.98. The maximum atomic E-state index is 13.0. The van der Waals surface area contributed by atoms with Crippen LogP contribution in [0.15, 0.2) is 83.3 Å². The first-order chi connectivity index (χ1) is 15.3. The molecule has 0 fully saturated rings. The average Bonchev–Trinajstić information content (AvgIpc) is 3.16. The molecule has 0 bridgehead atoms. The molecule has 4 rings (SSSR count). The first-order valence-electron chi connectivity index (χ1n) is 10.5. The van der Waals surface area contributed by atoms with E-state index < -0.39 is 0 Å². The van der Waals surface area contributed by atoms with E-state index in [1.165, 1.54) is 5.56 Å². The number of nitrogens with one attached hydrogen (secondary N) is 1. The van der Waals surface area contributed by atoms with Crippen molar-refractivity contribution in [2.75, 3.05) is 11.9 Å². The summed E-state index contributed by atoms with van der Waals surface area (Å²) in [6.07, 6.45) is 0. The SMILES string of the molecule is CC(C)(C)c1ccc(OCC(=O)Nc2c(C(=O)c3ccccc3)oc3ccccc23)cc1. The molecule has 0 aliphatic carbocycles. The third-order valence-electron chi connectivity index (χ3n) is 5.19. The minimum atomic E-state index is -0.376. The van der Waals surface area contributed by atoms with Crippen LogP contribution in [0.5, 0.6) is 5.75 Å². The summed E-state index contributed by atoms with van der Waals surface area (Å²) < 4.78 is 11.5. The van der Waals surface area contributed by atoms with E-state index in [4.69, 9.17) is 9.15 Å². The zero-order valence-corrected chi connectivity index (χ0v) is 18.3. The number of ketones is 1. The Labute approximate surface area is 187 Å². The van der Waals surface area contributed by atoms with Gasteiger partial charge in [-0.15, -0.1) is 0 Å². The molecule has 0 atom stereocenters. The van der Waals surface area contributed by atoms with Gasteiger partial charge in [-0.1, -0.05) is 75.4 Å². The molecule has 1 heterocycles. The van der Waals surface area contributed by atoms with Crippen LogP contribution in [0, 0.1) is 0 Å². The number of rotatable bonds is 6. The molecule has 32 heavy (non-hydrogen) atoms. The Morgan fingerprint density at radius 2 is 1.53 bits per heavy atom. The second-order valence-corrected chi connectivity index (χ2v) is 8.61. The molecular weight excluding hydrogens is 402 g/mol. The van der Waals surface area contributed by atoms with Gasteiger partial charge >= 0.3 is 0 Å². The van der Waals surface area contributed by atoms with Gasteiger partial charge in [-0.3, -0.25) is 9.59 Å². The lowest BCUT2D eigenvalue weighted by atomic mass is 9.87. The monoisotopic (exact) mass is 427 g/mol. The zero-order chi connectivity index (χ0) is 22.7. The molecule has 3 aromatic carbocycles. The van der Waals surface area contributed by atoms with Crippen LogP contribution in [0.4, 0.5) is 5.69 Å². The first kappa shape index (κ1) is 21.4. The van der Waals surface area contributed by atoms with E-state index in [-0.39, 0.29) is 29.5 Å². The van der Waals surface area contributed by atoms with Crippen LogP contribution in [-0.2, 0) is 10.2 Å². The Kier molecular flexibility index (Phi) is 5.82. The number of fused-ring (bicyclic) bond motifs is 1. The Morgan fingerprint density at radius 1 is 0.875 bits per heavy atom. The molecule has 1 amide bonds. The van der Waals surface area contributed by atoms with Crippen molar-refractivity contribution < 1.29 is 18.7 Å². The van der Waals surface area contributed by atoms with E-state index in [0.29, 0.717) is 28.0 Å². The smallest absolute Gasteiger partial charge is 0.262 e. The number of hydrogen-bond acceptors (Lipinski definition) is 4. The van der Waals surface area contributed by atoms with Crippen LogP contribution in [0.2, 0.25) is 0 Å². The number of ether oxygens (including phenoxy) is 1. The Bertz CT molecular complexity index is 1250. The molecule has 162 valence electrons. The summed E-state index contributed by atoms with van der Waals surface area (Å²) in [6, 6.07) is 23.7. The molecule has 0 spiro atoms. The lowest BCUT2D eigenvalue weighted by Gasteiger charge is -2.19. The van der Waals surface area contributed by atoms with Crippen molar-refractivity contribution in [3.05, 3.63) is 95.7 Å². The number of carbonyl (C=O) groups excluding carboxylic acids is 2. The lowest BCUT2D eigenvalue weighted by molar-refractivity contribution is -0.118. The second-order valence-electron chi connectivity index (χ2n) is 8.61. The fourth-order valence-electron chi connectivity index (χ4n) is 3.43. The Balaban J connectivity index is 1.53. The zero-order valence-electron chi connectivity index (χ0n) is 18.3. The summed E-state index contributed by atoms with van der Waals surface area (Å²) in [5, 5.41) is 3.47. The van der Waals surface area contributed by atoms with Gasteiger partial charge in [-0.05, 0) is 35.2 Å². The maximum Gasteiger partial charge on any atom is 0.262 e. The maximum absolute atomic E-state index is 13.0. The van der Waals surface area contributed by atoms with Crippen molar-refractivity contribution in [3.63, 3.8) is 0 Å². The van der Waals surface area contributed by atoms with Crippen LogP contribution < -0.4 is 10.1 Å². The summed E-state index contributed by atoms with van der Waals surface area (Å²) in [5.74, 6) is 0.0282. The van der Waals surface area contributed by atoms with Crippen molar-refractivity contribution in [2.45, 2.75) is 26.2 Å². The highest BCUT2D eigenvalue weighted by molar-refractivity contribution is 6.17. The van der Waals surface area contributed by atoms with E-state index in [2.05, 4.69) is 26.1 Å². The third kappa shape index (κ3) is 4.57. The van der Waals surface area contributed by atoms with E-state index in [0.717, 1.165) is 0 Å². The minimum absolute atomic E-state index is 0.0416. The third-order valence-corrected chi connectivity index (χ3v) is 5.19. The quantitative estimate of drug-likeness (QED) is 0.384. The second kappa shape index (κ2) is 8.71. The van der Waals surface area contributed by atoms with Crippen LogP contribution in [-0.4, -0.2) is 18.3 Å². The number of carbonyl (C=O) groups is 2. The van der Waals surface area contributed by atoms with Gasteiger partial charge in [0.2, 0.25) is 5.78 Å². The van der Waals surface area contributed by atoms with Crippen molar-refractivity contribution in [2.24, 2.45) is 0 Å². The van der Waals surface area contributed by atoms with E-state index >= 15 is 0 Å². The van der Waals surface area contributed by atoms with Crippen LogP contribution >= 0.6 is 0 Å². The number of benzene rings is 3. The summed E-state index contributed by atoms with van der Waals surface area (Å²) in [6.45, 7) is 6.23. The van der Waals surface area contributed by atoms with Gasteiger partial charge in [-0.25, -0.2) is 0 Å². The molecule has 0 saturated carbocycles. The highest BCUT2D eigenvalue weighted by Crippen LogP contribution is 2.32. The summed E-state index contributed by atoms with van der Waals surface area (Å²) >= 11 is 0. The van der Waals surface area contributed by atoms with Gasteiger partial charge in [0.1, 0.15) is 11.3 Å². The fraction of sp³-hybridized carbons (Fsp3) is 0.185. The van der Waals surface area contributed by atoms with E-state index in [1.54, 1.807) is 30.3 Å². The topological polar surface area (TPSA) is 68.5 Å². The summed E-state index contributed by atoms with van der Waals surface area (Å²) in [4.78, 5) is 25.7. The summed E-state index contributed by atoms with van der Waals surface area (Å²) in [5.41, 5.74) is 2.59. The van der Waals surface area contributed by atoms with Crippen molar-refractivity contribution in [1.82, 2.24) is 0 Å². The van der Waals surface area contributed by atoms with Crippen molar-refractivity contribution >= 4 is 28.3 Å². The van der Waals surface area contributed by atoms with E-state index in [9.17, 15) is 9.59 Å². The molecule has 1 aromatic heterocycles. The van der Waals surface area contributed by atoms with Gasteiger partial charge in [0.25, 0.3) is 5.91 Å². The standard InChI is InChI=1S/C27H25NO4/c1-27(2,3)19-13-15-20(16-14-19)31-17-23(29)28-24-21-11-7-8-12-22(21)32-26(24)25(30)18-9-5-4-6-10-18/h4-16H,17H2,1-3H3,(H,28,29). The fourth-order valence-corrected chi connectivity index (χ4v) is 3.43. The van der Waals surface area contributed by atoms with Gasteiger partial charge in [0, 0.05) is 10.9 Å². The van der Waals surface area contributed by atoms with Crippen LogP contribution in [0.25, 0.3) is 11.0 Å². The average molecular weight is 428 g/mol. The van der Waals surface area contributed by atoms with Crippen LogP contribution in [0.1, 0.15) is 42.5 Å². The number of hydrogen-bond donors (Lipinski definition) is 1. The van der Waals surface area contributed by atoms with Crippen LogP contribution in [0.3, 0.4) is 0 Å². The molecule has 5 nitrogen and oxygen atoms in total. The van der Waals surface area contributed by atoms with E-state index in [1.807, 2.05) is 48.5 Å². The molecular formula is C27H25NO4. The Morgan fingerprint density at radius 3 is 2.22 bits per heavy atom. The Hall–Kier alpha value is -3.86. The molecule has 1 N–H and O–H groups in total. The summed E-state index contributed by atoms with van der Waals surface area (Å²) in [7, 11) is 0.